The molecule has 0 saturated heterocycles. The van der Waals surface area contributed by atoms with Crippen LogP contribution in [-0.4, -0.2) is 11.9 Å². The Labute approximate surface area is 95.5 Å². The molecule has 6 heteroatoms. The zero-order valence-electron chi connectivity index (χ0n) is 7.03. The topological polar surface area (TPSA) is 52.6 Å². The molecule has 0 atom stereocenters. The SMILES string of the molecule is O=C(OF)c1ccccc1C(=O)[O][Hg]. The van der Waals surface area contributed by atoms with Crippen LogP contribution in [0.25, 0.3) is 0 Å². The van der Waals surface area contributed by atoms with Gasteiger partial charge in [0, 0.05) is 0 Å². The Balaban J connectivity index is 3.15. The van der Waals surface area contributed by atoms with E-state index in [-0.39, 0.29) is 37.7 Å². The van der Waals surface area contributed by atoms with E-state index in [9.17, 15) is 14.1 Å². The third kappa shape index (κ3) is 2.28. The molecule has 0 saturated carbocycles. The molecule has 0 N–H and O–H groups in total. The molecule has 0 amide bonds. The number of benzene rings is 1. The summed E-state index contributed by atoms with van der Waals surface area (Å²) < 4.78 is 16.2. The Morgan fingerprint density at radius 1 is 1.14 bits per heavy atom. The molecule has 0 aliphatic carbocycles. The maximum atomic E-state index is 11.6. The molecule has 0 fully saturated rings. The molecular weight excluding hydrogens is 380 g/mol. The average molecular weight is 384 g/mol. The van der Waals surface area contributed by atoms with Crippen LogP contribution in [0.15, 0.2) is 24.3 Å². The van der Waals surface area contributed by atoms with E-state index >= 15 is 0 Å². The molecule has 1 aromatic carbocycles. The van der Waals surface area contributed by atoms with Crippen molar-refractivity contribution in [3.8, 4) is 0 Å². The summed E-state index contributed by atoms with van der Waals surface area (Å²) >= 11 is -0.176. The van der Waals surface area contributed by atoms with Crippen LogP contribution in [0.3, 0.4) is 0 Å². The minimum atomic E-state index is -1.20. The third-order valence-electron chi connectivity index (χ3n) is 1.57. The molecule has 0 aliphatic rings. The van der Waals surface area contributed by atoms with E-state index in [4.69, 9.17) is 0 Å². The van der Waals surface area contributed by atoms with E-state index in [0.717, 1.165) is 0 Å². The second kappa shape index (κ2) is 5.04. The first-order valence-corrected chi connectivity index (χ1v) is 5.83. The number of carbonyl (C=O) groups excluding carboxylic acids is 2. The molecule has 0 spiro atoms. The van der Waals surface area contributed by atoms with Crippen LogP contribution in [0, 0.1) is 0 Å². The Kier molecular flexibility index (Phi) is 4.00. The van der Waals surface area contributed by atoms with Crippen molar-refractivity contribution in [2.45, 2.75) is 0 Å². The number of hydrogen-bond acceptors (Lipinski definition) is 4. The summed E-state index contributed by atoms with van der Waals surface area (Å²) in [5.74, 6) is -1.83. The Hall–Kier alpha value is -0.975. The van der Waals surface area contributed by atoms with Crippen LogP contribution < -0.4 is 0 Å². The van der Waals surface area contributed by atoms with Crippen LogP contribution in [0.1, 0.15) is 20.7 Å². The molecule has 0 aromatic heterocycles. The Bertz CT molecular complexity index is 331. The fourth-order valence-corrected chi connectivity index (χ4v) is 1.56. The molecule has 0 bridgehead atoms. The number of rotatable bonds is 2. The van der Waals surface area contributed by atoms with Gasteiger partial charge in [-0.2, -0.15) is 0 Å². The van der Waals surface area contributed by atoms with Gasteiger partial charge in [-0.1, -0.05) is 0 Å². The molecule has 0 radical (unpaired) electrons. The van der Waals surface area contributed by atoms with E-state index in [1.807, 2.05) is 0 Å². The first-order valence-electron chi connectivity index (χ1n) is 3.59. The Morgan fingerprint density at radius 2 is 1.64 bits per heavy atom. The Morgan fingerprint density at radius 3 is 2.07 bits per heavy atom. The van der Waals surface area contributed by atoms with Gasteiger partial charge >= 0.3 is 95.6 Å². The predicted octanol–water partition coefficient (Wildman–Crippen LogP) is 1.35. The van der Waals surface area contributed by atoms with Gasteiger partial charge in [0.15, 0.2) is 0 Å². The van der Waals surface area contributed by atoms with E-state index in [0.29, 0.717) is 0 Å². The van der Waals surface area contributed by atoms with Crippen molar-refractivity contribution in [3.05, 3.63) is 35.4 Å². The standard InChI is InChI=1S/C8H5FO4.Hg/c9-13-8(12)6-4-2-1-3-5(6)7(10)11;/h1-4H,(H,10,11);/q;+1/p-1. The van der Waals surface area contributed by atoms with Crippen LogP contribution in [0.2, 0.25) is 0 Å². The van der Waals surface area contributed by atoms with Crippen molar-refractivity contribution in [2.75, 3.05) is 0 Å². The fourth-order valence-electron chi connectivity index (χ4n) is 0.958. The van der Waals surface area contributed by atoms with Gasteiger partial charge in [0.1, 0.15) is 0 Å². The van der Waals surface area contributed by atoms with Crippen molar-refractivity contribution in [3.63, 3.8) is 0 Å². The summed E-state index contributed by atoms with van der Waals surface area (Å²) in [6.45, 7) is 0. The quantitative estimate of drug-likeness (QED) is 0.723. The molecule has 1 rings (SSSR count). The first-order chi connectivity index (χ1) is 6.70. The van der Waals surface area contributed by atoms with Gasteiger partial charge in [-0.15, -0.1) is 0 Å². The van der Waals surface area contributed by atoms with Gasteiger partial charge in [0.2, 0.25) is 0 Å². The van der Waals surface area contributed by atoms with Gasteiger partial charge in [0.05, 0.1) is 0 Å². The maximum absolute atomic E-state index is 11.6. The van der Waals surface area contributed by atoms with Gasteiger partial charge in [-0.3, -0.25) is 0 Å². The molecule has 0 aliphatic heterocycles. The summed E-state index contributed by atoms with van der Waals surface area (Å²) in [7, 11) is 0. The average Bonchev–Trinajstić information content (AvgIpc) is 2.27. The second-order valence-electron chi connectivity index (χ2n) is 2.34. The zero-order chi connectivity index (χ0) is 10.6. The predicted molar refractivity (Wildman–Crippen MR) is 38.4 cm³/mol. The van der Waals surface area contributed by atoms with Gasteiger partial charge < -0.3 is 0 Å². The second-order valence-corrected chi connectivity index (χ2v) is 3.46. The van der Waals surface area contributed by atoms with Crippen molar-refractivity contribution < 1.29 is 48.3 Å². The molecule has 0 unspecified atom stereocenters. The summed E-state index contributed by atoms with van der Waals surface area (Å²) in [5, 5.41) is 0. The van der Waals surface area contributed by atoms with Gasteiger partial charge in [-0.25, -0.2) is 0 Å². The summed E-state index contributed by atoms with van der Waals surface area (Å²) in [6, 6.07) is 5.72. The molecule has 0 heterocycles. The van der Waals surface area contributed by atoms with E-state index < -0.39 is 11.9 Å². The van der Waals surface area contributed by atoms with Crippen molar-refractivity contribution in [2.24, 2.45) is 0 Å². The van der Waals surface area contributed by atoms with Gasteiger partial charge in [-0.05, 0) is 0 Å². The molecule has 1 aromatic rings. The van der Waals surface area contributed by atoms with E-state index in [2.05, 4.69) is 7.59 Å². The fraction of sp³-hybridized carbons (Fsp3) is 0. The molecule has 69 valence electrons. The zero-order valence-corrected chi connectivity index (χ0v) is 12.5. The van der Waals surface area contributed by atoms with Crippen LogP contribution in [0.4, 0.5) is 4.53 Å². The number of carbonyl (C=O) groups is 2. The summed E-state index contributed by atoms with van der Waals surface area (Å²) in [4.78, 5) is 25.1. The van der Waals surface area contributed by atoms with E-state index in [1.165, 1.54) is 18.2 Å². The molecule has 14 heavy (non-hydrogen) atoms. The van der Waals surface area contributed by atoms with Crippen LogP contribution >= 0.6 is 0 Å². The number of hydrogen-bond donors (Lipinski definition) is 0. The third-order valence-corrected chi connectivity index (χ3v) is 2.59. The molecular formula is C8H4FHgO4. The van der Waals surface area contributed by atoms with Crippen molar-refractivity contribution in [1.29, 1.82) is 0 Å². The van der Waals surface area contributed by atoms with Crippen molar-refractivity contribution >= 4 is 11.9 Å². The minimum absolute atomic E-state index is 0.0187. The molecule has 4 nitrogen and oxygen atoms in total. The van der Waals surface area contributed by atoms with Gasteiger partial charge in [0.25, 0.3) is 0 Å². The summed E-state index contributed by atoms with van der Waals surface area (Å²) in [5.41, 5.74) is -0.115. The first kappa shape index (κ1) is 11.1. The van der Waals surface area contributed by atoms with Crippen LogP contribution in [-0.2, 0) is 34.2 Å². The van der Waals surface area contributed by atoms with E-state index in [1.54, 1.807) is 6.07 Å². The monoisotopic (exact) mass is 385 g/mol. The van der Waals surface area contributed by atoms with Crippen LogP contribution in [0.5, 0.6) is 0 Å². The summed E-state index contributed by atoms with van der Waals surface area (Å²) in [6.07, 6.45) is 0. The van der Waals surface area contributed by atoms with Crippen molar-refractivity contribution in [1.82, 2.24) is 0 Å². The normalized spacial score (nSPS) is 9.36. The number of halogens is 1.